The van der Waals surface area contributed by atoms with Crippen LogP contribution in [0.25, 0.3) is 21.9 Å². The molecule has 0 bridgehead atoms. The standard InChI is InChI=1S/C16H7Cl2NO3/c17-7-5-10(18)15-11(6-7)19-12-13(20)8-3-1-2-4-9(8)14(21)16(12)22-15/h1-6,19H. The first-order chi connectivity index (χ1) is 10.6. The van der Waals surface area contributed by atoms with E-state index in [1.807, 2.05) is 0 Å². The number of nitrogens with one attached hydrogen (secondary N) is 1. The normalized spacial score (nSPS) is 11.5. The van der Waals surface area contributed by atoms with E-state index in [1.54, 1.807) is 30.3 Å². The lowest BCUT2D eigenvalue weighted by Crippen LogP contribution is -2.16. The summed E-state index contributed by atoms with van der Waals surface area (Å²) in [6.07, 6.45) is 0. The lowest BCUT2D eigenvalue weighted by atomic mass is 10.1. The summed E-state index contributed by atoms with van der Waals surface area (Å²) in [6, 6.07) is 9.72. The second-order valence-corrected chi connectivity index (χ2v) is 5.74. The summed E-state index contributed by atoms with van der Waals surface area (Å²) < 4.78 is 5.62. The van der Waals surface area contributed by atoms with Gasteiger partial charge in [-0.25, -0.2) is 0 Å². The summed E-state index contributed by atoms with van der Waals surface area (Å²) >= 11 is 12.0. The number of fused-ring (bicyclic) bond motifs is 2. The predicted octanol–water partition coefficient (Wildman–Crippen LogP) is 3.67. The lowest BCUT2D eigenvalue weighted by molar-refractivity contribution is 0.556. The highest BCUT2D eigenvalue weighted by atomic mass is 35.5. The Morgan fingerprint density at radius 3 is 2.36 bits per heavy atom. The fourth-order valence-corrected chi connectivity index (χ4v) is 3.09. The van der Waals surface area contributed by atoms with E-state index in [2.05, 4.69) is 4.98 Å². The van der Waals surface area contributed by atoms with Gasteiger partial charge in [0.05, 0.1) is 10.5 Å². The lowest BCUT2D eigenvalue weighted by Gasteiger charge is -2.03. The van der Waals surface area contributed by atoms with Gasteiger partial charge in [0.15, 0.2) is 5.58 Å². The van der Waals surface area contributed by atoms with Crippen LogP contribution in [0.1, 0.15) is 0 Å². The van der Waals surface area contributed by atoms with Crippen LogP contribution in [0.15, 0.2) is 50.4 Å². The van der Waals surface area contributed by atoms with Crippen LogP contribution in [0.3, 0.4) is 0 Å². The van der Waals surface area contributed by atoms with E-state index >= 15 is 0 Å². The van der Waals surface area contributed by atoms with Gasteiger partial charge in [-0.05, 0) is 12.1 Å². The van der Waals surface area contributed by atoms with Gasteiger partial charge in [0.25, 0.3) is 0 Å². The fourth-order valence-electron chi connectivity index (χ4n) is 2.56. The molecule has 0 saturated heterocycles. The monoisotopic (exact) mass is 331 g/mol. The van der Waals surface area contributed by atoms with E-state index in [4.69, 9.17) is 27.6 Å². The first kappa shape index (κ1) is 13.4. The number of rotatable bonds is 0. The van der Waals surface area contributed by atoms with E-state index in [0.29, 0.717) is 21.3 Å². The maximum Gasteiger partial charge on any atom is 0.231 e. The Bertz CT molecular complexity index is 1240. The third kappa shape index (κ3) is 1.78. The average Bonchev–Trinajstić information content (AvgIpc) is 2.51. The largest absolute Gasteiger partial charge is 0.447 e. The SMILES string of the molecule is O=c1c2[nH]c3cc(Cl)cc(Cl)c3oc=2c(=O)c2ccccc12. The van der Waals surface area contributed by atoms with Gasteiger partial charge in [-0.3, -0.25) is 9.59 Å². The van der Waals surface area contributed by atoms with Gasteiger partial charge in [0, 0.05) is 15.8 Å². The molecule has 0 amide bonds. The van der Waals surface area contributed by atoms with Crippen LogP contribution >= 0.6 is 23.2 Å². The van der Waals surface area contributed by atoms with Gasteiger partial charge in [0.1, 0.15) is 5.35 Å². The highest BCUT2D eigenvalue weighted by Gasteiger charge is 2.12. The van der Waals surface area contributed by atoms with Crippen LogP contribution in [-0.4, -0.2) is 4.98 Å². The first-order valence-electron chi connectivity index (χ1n) is 6.43. The van der Waals surface area contributed by atoms with Crippen LogP contribution < -0.4 is 10.9 Å². The summed E-state index contributed by atoms with van der Waals surface area (Å²) in [5.41, 5.74) is 0.0452. The van der Waals surface area contributed by atoms with Crippen molar-refractivity contribution in [2.75, 3.05) is 0 Å². The second-order valence-electron chi connectivity index (χ2n) is 4.90. The van der Waals surface area contributed by atoms with Crippen LogP contribution in [0.5, 0.6) is 0 Å². The van der Waals surface area contributed by atoms with Crippen LogP contribution in [0.4, 0.5) is 0 Å². The molecule has 1 aliphatic heterocycles. The summed E-state index contributed by atoms with van der Waals surface area (Å²) in [5.74, 6) is 0. The number of aromatic nitrogens is 1. The number of benzene rings is 2. The van der Waals surface area contributed by atoms with Crippen molar-refractivity contribution >= 4 is 45.1 Å². The van der Waals surface area contributed by atoms with E-state index in [1.165, 1.54) is 6.07 Å². The van der Waals surface area contributed by atoms with Gasteiger partial charge < -0.3 is 9.40 Å². The van der Waals surface area contributed by atoms with Crippen molar-refractivity contribution in [3.63, 3.8) is 0 Å². The van der Waals surface area contributed by atoms with Crippen molar-refractivity contribution in [1.29, 1.82) is 0 Å². The molecule has 6 heteroatoms. The molecule has 4 nitrogen and oxygen atoms in total. The Morgan fingerprint density at radius 1 is 0.955 bits per heavy atom. The number of aromatic amines is 1. The van der Waals surface area contributed by atoms with Crippen molar-refractivity contribution in [1.82, 2.24) is 4.98 Å². The minimum atomic E-state index is -0.352. The molecule has 0 fully saturated rings. The van der Waals surface area contributed by atoms with E-state index in [-0.39, 0.29) is 32.2 Å². The molecule has 1 heterocycles. The minimum absolute atomic E-state index is 0.0413. The quantitative estimate of drug-likeness (QED) is 0.534. The molecule has 0 spiro atoms. The molecule has 0 saturated carbocycles. The number of hydrogen-bond donors (Lipinski definition) is 1. The molecule has 2 aromatic rings. The van der Waals surface area contributed by atoms with Gasteiger partial charge in [-0.2, -0.15) is 0 Å². The minimum Gasteiger partial charge on any atom is -0.447 e. The Balaban J connectivity index is 2.40. The third-order valence-corrected chi connectivity index (χ3v) is 4.05. The molecule has 0 aromatic heterocycles. The molecule has 108 valence electrons. The van der Waals surface area contributed by atoms with Gasteiger partial charge in [0.2, 0.25) is 16.3 Å². The molecule has 0 atom stereocenters. The summed E-state index contributed by atoms with van der Waals surface area (Å²) in [7, 11) is 0. The third-order valence-electron chi connectivity index (χ3n) is 3.55. The van der Waals surface area contributed by atoms with E-state index in [0.717, 1.165) is 0 Å². The maximum atomic E-state index is 12.6. The Morgan fingerprint density at radius 2 is 1.64 bits per heavy atom. The predicted molar refractivity (Wildman–Crippen MR) is 85.9 cm³/mol. The zero-order valence-corrected chi connectivity index (χ0v) is 12.5. The van der Waals surface area contributed by atoms with E-state index in [9.17, 15) is 9.59 Å². The summed E-state index contributed by atoms with van der Waals surface area (Å²) in [5, 5.41) is 1.44. The molecule has 22 heavy (non-hydrogen) atoms. The first-order valence-corrected chi connectivity index (χ1v) is 7.18. The van der Waals surface area contributed by atoms with Crippen LogP contribution in [0.2, 0.25) is 10.0 Å². The summed E-state index contributed by atoms with van der Waals surface area (Å²) in [6.45, 7) is 0. The van der Waals surface area contributed by atoms with Gasteiger partial charge >= 0.3 is 0 Å². The van der Waals surface area contributed by atoms with E-state index < -0.39 is 0 Å². The van der Waals surface area contributed by atoms with Crippen molar-refractivity contribution in [3.05, 3.63) is 77.7 Å². The van der Waals surface area contributed by atoms with Crippen molar-refractivity contribution in [2.45, 2.75) is 0 Å². The molecule has 1 aliphatic carbocycles. The highest BCUT2D eigenvalue weighted by Crippen LogP contribution is 2.26. The molecular weight excluding hydrogens is 325 g/mol. The second kappa shape index (κ2) is 4.60. The molecule has 1 N–H and O–H groups in total. The number of halogens is 2. The maximum absolute atomic E-state index is 12.6. The highest BCUT2D eigenvalue weighted by molar-refractivity contribution is 6.37. The molecule has 0 radical (unpaired) electrons. The Kier molecular flexibility index (Phi) is 2.79. The molecule has 2 aromatic carbocycles. The molecule has 0 unspecified atom stereocenters. The van der Waals surface area contributed by atoms with Crippen molar-refractivity contribution < 1.29 is 4.42 Å². The average molecular weight is 332 g/mol. The van der Waals surface area contributed by atoms with Gasteiger partial charge in [-0.15, -0.1) is 0 Å². The van der Waals surface area contributed by atoms with Crippen molar-refractivity contribution in [2.24, 2.45) is 0 Å². The molecular formula is C16H7Cl2NO3. The molecule has 4 rings (SSSR count). The van der Waals surface area contributed by atoms with Gasteiger partial charge in [-0.1, -0.05) is 47.5 Å². The van der Waals surface area contributed by atoms with Crippen LogP contribution in [0, 0.1) is 10.8 Å². The van der Waals surface area contributed by atoms with Crippen LogP contribution in [-0.2, 0) is 0 Å². The van der Waals surface area contributed by atoms with Crippen molar-refractivity contribution in [3.8, 4) is 0 Å². The fraction of sp³-hybridized carbons (Fsp3) is 0. The molecule has 2 aliphatic rings. The smallest absolute Gasteiger partial charge is 0.231 e. The zero-order valence-electron chi connectivity index (χ0n) is 10.9. The zero-order chi connectivity index (χ0) is 15.4. The Labute approximate surface area is 132 Å². The summed E-state index contributed by atoms with van der Waals surface area (Å²) in [4.78, 5) is 28.0. The number of hydrogen-bond acceptors (Lipinski definition) is 3. The Hall–Kier alpha value is -2.30. The topological polar surface area (TPSA) is 63.1 Å². The number of H-pyrrole nitrogens is 1.